The van der Waals surface area contributed by atoms with Crippen LogP contribution in [-0.4, -0.2) is 17.6 Å². The molecular formula is C100H126BrN. The number of rotatable bonds is 14. The Balaban J connectivity index is 0.0000112. The van der Waals surface area contributed by atoms with E-state index in [9.17, 15) is 0 Å². The Bertz CT molecular complexity index is 4110. The van der Waals surface area contributed by atoms with Gasteiger partial charge in [-0.3, -0.25) is 0 Å². The molecule has 0 radical (unpaired) electrons. The number of benzene rings is 10. The number of hydrogen-bond acceptors (Lipinski definition) is 0. The molecule has 0 unspecified atom stereocenters. The molecule has 10 aromatic carbocycles. The van der Waals surface area contributed by atoms with E-state index in [0.29, 0.717) is 0 Å². The fourth-order valence-corrected chi connectivity index (χ4v) is 15.6. The van der Waals surface area contributed by atoms with Crippen LogP contribution in [-0.2, 0) is 56.4 Å². The van der Waals surface area contributed by atoms with Gasteiger partial charge in [0, 0.05) is 22.3 Å². The number of halogens is 1. The number of nitrogens with zero attached hydrogens (tertiary/aromatic N) is 1. The summed E-state index contributed by atoms with van der Waals surface area (Å²) in [5, 5.41) is 5.24. The van der Waals surface area contributed by atoms with Crippen LogP contribution in [0.2, 0.25) is 0 Å². The zero-order chi connectivity index (χ0) is 73.5. The first-order chi connectivity index (χ1) is 46.9. The van der Waals surface area contributed by atoms with E-state index < -0.39 is 0 Å². The third kappa shape index (κ3) is 16.8. The normalized spacial score (nSPS) is 14.0. The fraction of sp³-hybridized carbons (Fsp3) is 0.440. The lowest BCUT2D eigenvalue weighted by molar-refractivity contribution is -0.953. The largest absolute Gasteiger partial charge is 1.00 e. The predicted octanol–water partition coefficient (Wildman–Crippen LogP) is 26.3. The highest BCUT2D eigenvalue weighted by Gasteiger charge is 2.39. The molecule has 0 aromatic heterocycles. The number of unbranched alkanes of at least 4 members (excludes halogenated alkanes) is 4. The number of fused-ring (bicyclic) bond motifs is 7. The molecule has 0 saturated heterocycles. The molecule has 2 heteroatoms. The van der Waals surface area contributed by atoms with E-state index in [1.165, 1.54) is 194 Å². The lowest BCUT2D eigenvalue weighted by Gasteiger charge is -2.39. The molecule has 102 heavy (non-hydrogen) atoms. The fourth-order valence-electron chi connectivity index (χ4n) is 15.6. The molecule has 0 atom stereocenters. The van der Waals surface area contributed by atoms with Crippen molar-refractivity contribution >= 4 is 21.5 Å². The van der Waals surface area contributed by atoms with Gasteiger partial charge in [0.1, 0.15) is 13.1 Å². The molecule has 11 rings (SSSR count). The summed E-state index contributed by atoms with van der Waals surface area (Å²) in [6, 6.07) is 69.9. The highest BCUT2D eigenvalue weighted by atomic mass is 79.9. The molecule has 1 aliphatic rings. The molecule has 0 saturated carbocycles. The number of hydrogen-bond donors (Lipinski definition) is 0. The Morgan fingerprint density at radius 2 is 0.471 bits per heavy atom. The Hall–Kier alpha value is -6.84. The lowest BCUT2D eigenvalue weighted by atomic mass is 9.77. The van der Waals surface area contributed by atoms with Gasteiger partial charge in [-0.1, -0.05) is 314 Å². The molecule has 0 aliphatic carbocycles. The topological polar surface area (TPSA) is 0 Å². The molecule has 0 amide bonds. The van der Waals surface area contributed by atoms with E-state index in [0.717, 1.165) is 30.7 Å². The maximum atomic E-state index is 2.63. The first-order valence-electron chi connectivity index (χ1n) is 38.8. The highest BCUT2D eigenvalue weighted by Crippen LogP contribution is 2.53. The van der Waals surface area contributed by atoms with E-state index in [4.69, 9.17) is 0 Å². The average Bonchev–Trinajstić information content (AvgIpc) is 1.48. The predicted molar refractivity (Wildman–Crippen MR) is 446 cm³/mol. The van der Waals surface area contributed by atoms with Crippen molar-refractivity contribution < 1.29 is 21.5 Å². The second-order valence-corrected chi connectivity index (χ2v) is 39.3. The summed E-state index contributed by atoms with van der Waals surface area (Å²) in [5.41, 5.74) is 31.8. The van der Waals surface area contributed by atoms with Crippen LogP contribution in [0.3, 0.4) is 0 Å². The summed E-state index contributed by atoms with van der Waals surface area (Å²) in [6.45, 7) is 66.1. The molecule has 0 N–H and O–H groups in total. The molecule has 538 valence electrons. The van der Waals surface area contributed by atoms with Crippen molar-refractivity contribution in [3.63, 3.8) is 0 Å². The molecule has 1 heterocycles. The minimum absolute atomic E-state index is 0. The van der Waals surface area contributed by atoms with Crippen molar-refractivity contribution in [2.45, 2.75) is 275 Å². The Kier molecular flexibility index (Phi) is 21.8. The van der Waals surface area contributed by atoms with Crippen LogP contribution in [0.4, 0.5) is 0 Å². The van der Waals surface area contributed by atoms with Crippen molar-refractivity contribution in [3.05, 3.63) is 225 Å². The van der Waals surface area contributed by atoms with Gasteiger partial charge in [-0.15, -0.1) is 0 Å². The molecule has 1 aliphatic heterocycles. The van der Waals surface area contributed by atoms with E-state index in [-0.39, 0.29) is 60.3 Å². The summed E-state index contributed by atoms with van der Waals surface area (Å²) in [5.74, 6) is 0. The zero-order valence-corrected chi connectivity index (χ0v) is 69.6. The van der Waals surface area contributed by atoms with Crippen LogP contribution in [0.5, 0.6) is 0 Å². The smallest absolute Gasteiger partial charge is 0.106 e. The summed E-state index contributed by atoms with van der Waals surface area (Å²) in [4.78, 5) is 0. The monoisotopic (exact) mass is 1420 g/mol. The standard InChI is InChI=1S/C100H126N.BrH/c1-27-29-35-41-101(42-36-30-28-2)63-89-87(75-45-67(71-49-77(93(3,4)5)59-78(50-71)94(6,7)8)43-68(46-75)72-51-79(95(9,10)11)60-80(52-72)96(12,13)14)57-65-37-31-33-39-85(65)91(89)92-86-40-34-32-38-66(86)58-88(90(92)64-101)76-47-69(73-53-81(97(15,16)17)61-82(54-73)98(18,19)20)44-70(48-76)74-55-83(99(21,22)23)62-84(56-74)100(24,25)26;/h31-34,37-40,43-62H,27-30,35-36,41-42,63-64H2,1-26H3;1H/q+1;/p-1. The highest BCUT2D eigenvalue weighted by molar-refractivity contribution is 6.12. The third-order valence-electron chi connectivity index (χ3n) is 22.5. The quantitative estimate of drug-likeness (QED) is 0.0752. The van der Waals surface area contributed by atoms with Gasteiger partial charge in [-0.05, 0) is 250 Å². The SMILES string of the molecule is CCCCC[N+]1(CCCCC)Cc2c(-c3cc(-c4cc(C(C)(C)C)cc(C(C)(C)C)c4)cc(-c4cc(C(C)(C)C)cc(C(C)(C)C)c4)c3)cc3ccccc3c2-c2c(c(-c3cc(-c4cc(C(C)(C)C)cc(C(C)(C)C)c4)cc(-c4cc(C(C)(C)C)cc(C(C)(C)C)c4)c3)cc3ccccc23)C1.[Br-]. The first kappa shape index (κ1) is 77.8. The molecule has 0 bridgehead atoms. The van der Waals surface area contributed by atoms with Crippen LogP contribution in [0.1, 0.15) is 274 Å². The van der Waals surface area contributed by atoms with Crippen LogP contribution in [0.25, 0.3) is 99.4 Å². The van der Waals surface area contributed by atoms with Gasteiger partial charge >= 0.3 is 0 Å². The summed E-state index contributed by atoms with van der Waals surface area (Å²) < 4.78 is 0.992. The van der Waals surface area contributed by atoms with Crippen molar-refractivity contribution in [1.82, 2.24) is 0 Å². The molecule has 10 aromatic rings. The number of quaternary nitrogens is 1. The minimum Gasteiger partial charge on any atom is -1.00 e. The van der Waals surface area contributed by atoms with Crippen LogP contribution in [0, 0.1) is 0 Å². The summed E-state index contributed by atoms with van der Waals surface area (Å²) in [7, 11) is 0. The van der Waals surface area contributed by atoms with E-state index >= 15 is 0 Å². The van der Waals surface area contributed by atoms with Gasteiger partial charge in [0.2, 0.25) is 0 Å². The Morgan fingerprint density at radius 3 is 0.696 bits per heavy atom. The Labute approximate surface area is 630 Å². The maximum Gasteiger partial charge on any atom is 0.106 e. The second-order valence-electron chi connectivity index (χ2n) is 39.3. The molecule has 0 fully saturated rings. The van der Waals surface area contributed by atoms with E-state index in [1.54, 1.807) is 0 Å². The van der Waals surface area contributed by atoms with Crippen LogP contribution < -0.4 is 17.0 Å². The molecule has 1 nitrogen and oxygen atoms in total. The van der Waals surface area contributed by atoms with Gasteiger partial charge in [0.25, 0.3) is 0 Å². The summed E-state index contributed by atoms with van der Waals surface area (Å²) >= 11 is 0. The van der Waals surface area contributed by atoms with Crippen molar-refractivity contribution in [2.75, 3.05) is 13.1 Å². The first-order valence-corrected chi connectivity index (χ1v) is 38.8. The Morgan fingerprint density at radius 1 is 0.255 bits per heavy atom. The van der Waals surface area contributed by atoms with Gasteiger partial charge in [-0.2, -0.15) is 0 Å². The minimum atomic E-state index is -0.0519. The van der Waals surface area contributed by atoms with Crippen molar-refractivity contribution in [3.8, 4) is 77.9 Å². The summed E-state index contributed by atoms with van der Waals surface area (Å²) in [6.07, 6.45) is 7.14. The molecular weight excluding hydrogens is 1300 g/mol. The lowest BCUT2D eigenvalue weighted by Crippen LogP contribution is -3.00. The van der Waals surface area contributed by atoms with Crippen molar-refractivity contribution in [2.24, 2.45) is 0 Å². The van der Waals surface area contributed by atoms with Gasteiger partial charge in [-0.25, -0.2) is 0 Å². The van der Waals surface area contributed by atoms with Crippen molar-refractivity contribution in [1.29, 1.82) is 0 Å². The molecule has 0 spiro atoms. The van der Waals surface area contributed by atoms with Gasteiger partial charge < -0.3 is 21.5 Å². The zero-order valence-electron chi connectivity index (χ0n) is 68.1. The second kappa shape index (κ2) is 28.6. The van der Waals surface area contributed by atoms with Crippen LogP contribution >= 0.6 is 0 Å². The third-order valence-corrected chi connectivity index (χ3v) is 22.5. The van der Waals surface area contributed by atoms with Gasteiger partial charge in [0.15, 0.2) is 0 Å². The van der Waals surface area contributed by atoms with E-state index in [2.05, 4.69) is 350 Å². The van der Waals surface area contributed by atoms with Gasteiger partial charge in [0.05, 0.1) is 13.1 Å². The average molecular weight is 1420 g/mol. The van der Waals surface area contributed by atoms with E-state index in [1.807, 2.05) is 0 Å². The van der Waals surface area contributed by atoms with Crippen LogP contribution in [0.15, 0.2) is 170 Å². The maximum absolute atomic E-state index is 2.63.